The van der Waals surface area contributed by atoms with E-state index in [4.69, 9.17) is 14.9 Å². The standard InChI is InChI=1S/C11H14N2O2/c1-7(12)6-8-4-3-5-9-10(8)13-11(14-2)15-9/h3-5,7H,6,12H2,1-2H3. The highest BCUT2D eigenvalue weighted by Gasteiger charge is 2.10. The van der Waals surface area contributed by atoms with Gasteiger partial charge in [0.1, 0.15) is 5.52 Å². The second-order valence-corrected chi connectivity index (χ2v) is 3.63. The Morgan fingerprint density at radius 3 is 3.00 bits per heavy atom. The Labute approximate surface area is 88.0 Å². The van der Waals surface area contributed by atoms with Crippen LogP contribution in [-0.4, -0.2) is 18.1 Å². The minimum Gasteiger partial charge on any atom is -0.453 e. The van der Waals surface area contributed by atoms with Gasteiger partial charge in [-0.2, -0.15) is 4.98 Å². The topological polar surface area (TPSA) is 61.3 Å². The van der Waals surface area contributed by atoms with Crippen LogP contribution in [-0.2, 0) is 6.42 Å². The van der Waals surface area contributed by atoms with Crippen molar-refractivity contribution < 1.29 is 9.15 Å². The third-order valence-electron chi connectivity index (χ3n) is 2.20. The molecule has 0 fully saturated rings. The highest BCUT2D eigenvalue weighted by atomic mass is 16.6. The number of nitrogens with zero attached hydrogens (tertiary/aromatic N) is 1. The molecule has 1 heterocycles. The molecule has 0 aliphatic heterocycles. The fraction of sp³-hybridized carbons (Fsp3) is 0.364. The number of ether oxygens (including phenoxy) is 1. The summed E-state index contributed by atoms with van der Waals surface area (Å²) in [7, 11) is 1.54. The van der Waals surface area contributed by atoms with E-state index in [-0.39, 0.29) is 6.04 Å². The van der Waals surface area contributed by atoms with Crippen molar-refractivity contribution >= 4 is 11.1 Å². The molecule has 0 radical (unpaired) electrons. The van der Waals surface area contributed by atoms with Gasteiger partial charge in [0.05, 0.1) is 7.11 Å². The Balaban J connectivity index is 2.49. The number of fused-ring (bicyclic) bond motifs is 1. The Kier molecular flexibility index (Phi) is 2.60. The number of nitrogens with two attached hydrogens (primary N) is 1. The Morgan fingerprint density at radius 2 is 2.33 bits per heavy atom. The van der Waals surface area contributed by atoms with E-state index in [0.29, 0.717) is 6.08 Å². The molecular formula is C11H14N2O2. The number of benzene rings is 1. The van der Waals surface area contributed by atoms with Crippen LogP contribution >= 0.6 is 0 Å². The minimum atomic E-state index is 0.110. The van der Waals surface area contributed by atoms with Crippen LogP contribution in [0.25, 0.3) is 11.1 Å². The lowest BCUT2D eigenvalue weighted by molar-refractivity contribution is 0.299. The van der Waals surface area contributed by atoms with Crippen LogP contribution < -0.4 is 10.5 Å². The van der Waals surface area contributed by atoms with E-state index in [0.717, 1.165) is 23.1 Å². The first kappa shape index (κ1) is 9.98. The Morgan fingerprint density at radius 1 is 1.53 bits per heavy atom. The molecule has 0 bridgehead atoms. The second-order valence-electron chi connectivity index (χ2n) is 3.63. The van der Waals surface area contributed by atoms with Crippen molar-refractivity contribution in [3.8, 4) is 6.08 Å². The van der Waals surface area contributed by atoms with E-state index in [1.807, 2.05) is 25.1 Å². The normalized spacial score (nSPS) is 13.0. The van der Waals surface area contributed by atoms with E-state index >= 15 is 0 Å². The van der Waals surface area contributed by atoms with E-state index in [2.05, 4.69) is 4.98 Å². The largest absolute Gasteiger partial charge is 0.453 e. The van der Waals surface area contributed by atoms with Crippen molar-refractivity contribution in [3.05, 3.63) is 23.8 Å². The molecule has 0 amide bonds. The summed E-state index contributed by atoms with van der Waals surface area (Å²) < 4.78 is 10.3. The lowest BCUT2D eigenvalue weighted by atomic mass is 10.1. The molecule has 0 saturated carbocycles. The van der Waals surface area contributed by atoms with Gasteiger partial charge in [0.15, 0.2) is 5.58 Å². The summed E-state index contributed by atoms with van der Waals surface area (Å²) in [5.41, 5.74) is 8.44. The third-order valence-corrected chi connectivity index (χ3v) is 2.20. The minimum absolute atomic E-state index is 0.110. The molecule has 1 atom stereocenters. The van der Waals surface area contributed by atoms with Crippen LogP contribution in [0, 0.1) is 0 Å². The SMILES string of the molecule is COc1nc2c(CC(C)N)cccc2o1. The van der Waals surface area contributed by atoms with Gasteiger partial charge in [0.25, 0.3) is 0 Å². The lowest BCUT2D eigenvalue weighted by Crippen LogP contribution is -2.17. The molecule has 4 heteroatoms. The van der Waals surface area contributed by atoms with Crippen LogP contribution in [0.2, 0.25) is 0 Å². The highest BCUT2D eigenvalue weighted by Crippen LogP contribution is 2.23. The second kappa shape index (κ2) is 3.90. The fourth-order valence-electron chi connectivity index (χ4n) is 1.58. The summed E-state index contributed by atoms with van der Waals surface area (Å²) >= 11 is 0. The van der Waals surface area contributed by atoms with Crippen molar-refractivity contribution in [2.45, 2.75) is 19.4 Å². The average Bonchev–Trinajstić information content (AvgIpc) is 2.61. The number of hydrogen-bond donors (Lipinski definition) is 1. The molecule has 2 rings (SSSR count). The maximum absolute atomic E-state index is 5.77. The third kappa shape index (κ3) is 1.94. The summed E-state index contributed by atoms with van der Waals surface area (Å²) in [6.45, 7) is 1.97. The molecule has 0 saturated heterocycles. The summed E-state index contributed by atoms with van der Waals surface area (Å²) in [5.74, 6) is 0. The maximum Gasteiger partial charge on any atom is 0.394 e. The number of oxazole rings is 1. The zero-order chi connectivity index (χ0) is 10.8. The molecule has 80 valence electrons. The van der Waals surface area contributed by atoms with Gasteiger partial charge in [-0.3, -0.25) is 0 Å². The van der Waals surface area contributed by atoms with Gasteiger partial charge in [0.2, 0.25) is 0 Å². The van der Waals surface area contributed by atoms with Gasteiger partial charge in [0, 0.05) is 6.04 Å². The van der Waals surface area contributed by atoms with Gasteiger partial charge in [-0.15, -0.1) is 0 Å². The predicted molar refractivity (Wildman–Crippen MR) is 57.9 cm³/mol. The molecule has 2 aromatic rings. The number of aromatic nitrogens is 1. The summed E-state index contributed by atoms with van der Waals surface area (Å²) in [4.78, 5) is 4.24. The molecule has 0 spiro atoms. The number of rotatable bonds is 3. The van der Waals surface area contributed by atoms with E-state index < -0.39 is 0 Å². The summed E-state index contributed by atoms with van der Waals surface area (Å²) in [6.07, 6.45) is 1.08. The van der Waals surface area contributed by atoms with Gasteiger partial charge < -0.3 is 14.9 Å². The molecular weight excluding hydrogens is 192 g/mol. The molecule has 0 aliphatic rings. The Bertz CT molecular complexity index is 463. The summed E-state index contributed by atoms with van der Waals surface area (Å²) in [6, 6.07) is 5.92. The van der Waals surface area contributed by atoms with Gasteiger partial charge >= 0.3 is 6.08 Å². The highest BCUT2D eigenvalue weighted by molar-refractivity contribution is 5.77. The molecule has 4 nitrogen and oxygen atoms in total. The van der Waals surface area contributed by atoms with Crippen molar-refractivity contribution in [3.63, 3.8) is 0 Å². The zero-order valence-corrected chi connectivity index (χ0v) is 8.86. The van der Waals surface area contributed by atoms with Crippen LogP contribution in [0.4, 0.5) is 0 Å². The fourth-order valence-corrected chi connectivity index (χ4v) is 1.58. The zero-order valence-electron chi connectivity index (χ0n) is 8.86. The molecule has 15 heavy (non-hydrogen) atoms. The first-order chi connectivity index (χ1) is 7.20. The van der Waals surface area contributed by atoms with Crippen LogP contribution in [0.1, 0.15) is 12.5 Å². The van der Waals surface area contributed by atoms with Gasteiger partial charge in [-0.1, -0.05) is 12.1 Å². The molecule has 1 unspecified atom stereocenters. The Hall–Kier alpha value is -1.55. The number of para-hydroxylation sites is 1. The van der Waals surface area contributed by atoms with Crippen molar-refractivity contribution in [1.29, 1.82) is 0 Å². The van der Waals surface area contributed by atoms with Crippen LogP contribution in [0.5, 0.6) is 6.08 Å². The number of methoxy groups -OCH3 is 1. The van der Waals surface area contributed by atoms with Gasteiger partial charge in [-0.05, 0) is 25.0 Å². The number of hydrogen-bond acceptors (Lipinski definition) is 4. The molecule has 2 N–H and O–H groups in total. The predicted octanol–water partition coefficient (Wildman–Crippen LogP) is 1.73. The quantitative estimate of drug-likeness (QED) is 0.830. The van der Waals surface area contributed by atoms with E-state index in [1.165, 1.54) is 7.11 Å². The molecule has 1 aromatic carbocycles. The van der Waals surface area contributed by atoms with Crippen LogP contribution in [0.3, 0.4) is 0 Å². The molecule has 0 aliphatic carbocycles. The van der Waals surface area contributed by atoms with Gasteiger partial charge in [-0.25, -0.2) is 0 Å². The van der Waals surface area contributed by atoms with Crippen molar-refractivity contribution in [2.75, 3.05) is 7.11 Å². The smallest absolute Gasteiger partial charge is 0.394 e. The summed E-state index contributed by atoms with van der Waals surface area (Å²) in [5, 5.41) is 0. The lowest BCUT2D eigenvalue weighted by Gasteiger charge is -2.04. The average molecular weight is 206 g/mol. The van der Waals surface area contributed by atoms with E-state index in [9.17, 15) is 0 Å². The monoisotopic (exact) mass is 206 g/mol. The van der Waals surface area contributed by atoms with Crippen molar-refractivity contribution in [2.24, 2.45) is 5.73 Å². The first-order valence-electron chi connectivity index (χ1n) is 4.88. The molecule has 1 aromatic heterocycles. The first-order valence-corrected chi connectivity index (χ1v) is 4.88. The van der Waals surface area contributed by atoms with Crippen molar-refractivity contribution in [1.82, 2.24) is 4.98 Å². The van der Waals surface area contributed by atoms with E-state index in [1.54, 1.807) is 0 Å². The maximum atomic E-state index is 5.77. The van der Waals surface area contributed by atoms with Crippen LogP contribution in [0.15, 0.2) is 22.6 Å².